The van der Waals surface area contributed by atoms with Gasteiger partial charge in [-0.25, -0.2) is 4.79 Å². The van der Waals surface area contributed by atoms with Crippen molar-refractivity contribution in [2.45, 2.75) is 65.2 Å². The van der Waals surface area contributed by atoms with Gasteiger partial charge in [-0.2, -0.15) is 0 Å². The summed E-state index contributed by atoms with van der Waals surface area (Å²) in [6.45, 7) is 14.8. The molecular weight excluding hydrogens is 485 g/mol. The second-order valence-electron chi connectivity index (χ2n) is 7.74. The molecule has 2 unspecified atom stereocenters. The maximum absolute atomic E-state index is 11.8. The van der Waals surface area contributed by atoms with Crippen molar-refractivity contribution < 1.29 is 14.3 Å². The number of ether oxygens (including phenoxy) is 2. The van der Waals surface area contributed by atoms with E-state index in [0.717, 1.165) is 71.0 Å². The molecule has 2 heterocycles. The third kappa shape index (κ3) is 9.69. The molecule has 0 saturated carbocycles. The van der Waals surface area contributed by atoms with Crippen LogP contribution in [0.5, 0.6) is 0 Å². The van der Waals surface area contributed by atoms with E-state index in [0.29, 0.717) is 24.9 Å². The van der Waals surface area contributed by atoms with Crippen LogP contribution in [0.2, 0.25) is 0 Å². The average molecular weight is 525 g/mol. The molecule has 0 aromatic carbocycles. The highest BCUT2D eigenvalue weighted by Crippen LogP contribution is 2.12. The van der Waals surface area contributed by atoms with Crippen LogP contribution < -0.4 is 10.6 Å². The summed E-state index contributed by atoms with van der Waals surface area (Å²) in [7, 11) is 0. The molecule has 2 N–H and O–H groups in total. The van der Waals surface area contributed by atoms with Crippen molar-refractivity contribution in [1.29, 1.82) is 0 Å². The molecule has 0 aromatic rings. The van der Waals surface area contributed by atoms with E-state index in [-0.39, 0.29) is 30.1 Å². The van der Waals surface area contributed by atoms with Gasteiger partial charge in [0.25, 0.3) is 0 Å². The third-order valence-corrected chi connectivity index (χ3v) is 5.10. The summed E-state index contributed by atoms with van der Waals surface area (Å²) in [5, 5.41) is 6.86. The predicted molar refractivity (Wildman–Crippen MR) is 127 cm³/mol. The molecule has 2 atom stereocenters. The summed E-state index contributed by atoms with van der Waals surface area (Å²) in [4.78, 5) is 20.8. The van der Waals surface area contributed by atoms with E-state index in [1.54, 1.807) is 4.90 Å². The van der Waals surface area contributed by atoms with E-state index in [1.165, 1.54) is 0 Å². The number of aliphatic imine (C=N–C) groups is 1. The standard InChI is InChI=1S/C20H39N5O3.HI/c1-5-21-19(22-10-7-11-24-14-16(3)28-17(4)15-24)23-18-8-12-25(13-9-18)20(26)27-6-2;/h16-18H,5-15H2,1-4H3,(H2,21,22,23);1H. The number of nitrogens with one attached hydrogen (secondary N) is 2. The third-order valence-electron chi connectivity index (χ3n) is 5.10. The fourth-order valence-electron chi connectivity index (χ4n) is 3.89. The number of morpholine rings is 1. The van der Waals surface area contributed by atoms with Gasteiger partial charge in [0.1, 0.15) is 0 Å². The van der Waals surface area contributed by atoms with Crippen LogP contribution in [-0.4, -0.2) is 92.5 Å². The molecule has 0 bridgehead atoms. The molecule has 0 spiro atoms. The molecular formula is C20H40IN5O3. The lowest BCUT2D eigenvalue weighted by atomic mass is 10.1. The average Bonchev–Trinajstić information content (AvgIpc) is 2.65. The number of hydrogen-bond acceptors (Lipinski definition) is 5. The molecule has 2 aliphatic rings. The maximum atomic E-state index is 11.8. The second-order valence-corrected chi connectivity index (χ2v) is 7.74. The van der Waals surface area contributed by atoms with Crippen LogP contribution in [-0.2, 0) is 9.47 Å². The van der Waals surface area contributed by atoms with Gasteiger partial charge in [0.15, 0.2) is 5.96 Å². The van der Waals surface area contributed by atoms with Gasteiger partial charge in [0.2, 0.25) is 0 Å². The molecule has 0 radical (unpaired) electrons. The first-order valence-electron chi connectivity index (χ1n) is 10.9. The van der Waals surface area contributed by atoms with Gasteiger partial charge in [-0.1, -0.05) is 0 Å². The van der Waals surface area contributed by atoms with Gasteiger partial charge >= 0.3 is 6.09 Å². The summed E-state index contributed by atoms with van der Waals surface area (Å²) in [6, 6.07) is 0.337. The van der Waals surface area contributed by atoms with Crippen LogP contribution in [0.4, 0.5) is 4.79 Å². The molecule has 2 saturated heterocycles. The van der Waals surface area contributed by atoms with Gasteiger partial charge in [0, 0.05) is 51.9 Å². The number of amides is 1. The Morgan fingerprint density at radius 1 is 1.17 bits per heavy atom. The topological polar surface area (TPSA) is 78.4 Å². The largest absolute Gasteiger partial charge is 0.450 e. The summed E-state index contributed by atoms with van der Waals surface area (Å²) in [5.74, 6) is 0.876. The molecule has 8 nitrogen and oxygen atoms in total. The van der Waals surface area contributed by atoms with Crippen molar-refractivity contribution in [3.63, 3.8) is 0 Å². The second kappa shape index (κ2) is 14.2. The molecule has 0 aliphatic carbocycles. The zero-order chi connectivity index (χ0) is 20.4. The van der Waals surface area contributed by atoms with Crippen molar-refractivity contribution in [2.24, 2.45) is 4.99 Å². The zero-order valence-electron chi connectivity index (χ0n) is 18.5. The highest BCUT2D eigenvalue weighted by Gasteiger charge is 2.24. The van der Waals surface area contributed by atoms with Gasteiger partial charge in [0.05, 0.1) is 18.8 Å². The van der Waals surface area contributed by atoms with E-state index in [9.17, 15) is 4.79 Å². The van der Waals surface area contributed by atoms with E-state index in [1.807, 2.05) is 6.92 Å². The highest BCUT2D eigenvalue weighted by molar-refractivity contribution is 14.0. The predicted octanol–water partition coefficient (Wildman–Crippen LogP) is 2.28. The van der Waals surface area contributed by atoms with Gasteiger partial charge in [-0.3, -0.25) is 9.89 Å². The van der Waals surface area contributed by atoms with Crippen LogP contribution >= 0.6 is 24.0 Å². The van der Waals surface area contributed by atoms with Crippen LogP contribution in [0, 0.1) is 0 Å². The van der Waals surface area contributed by atoms with Gasteiger partial charge in [-0.05, 0) is 47.0 Å². The van der Waals surface area contributed by atoms with Crippen molar-refractivity contribution in [1.82, 2.24) is 20.4 Å². The maximum Gasteiger partial charge on any atom is 0.409 e. The fraction of sp³-hybridized carbons (Fsp3) is 0.900. The summed E-state index contributed by atoms with van der Waals surface area (Å²) in [5.41, 5.74) is 0. The zero-order valence-corrected chi connectivity index (χ0v) is 20.8. The Hall–Kier alpha value is -0.810. The van der Waals surface area contributed by atoms with E-state index >= 15 is 0 Å². The Morgan fingerprint density at radius 3 is 2.41 bits per heavy atom. The number of halogens is 1. The fourth-order valence-corrected chi connectivity index (χ4v) is 3.89. The lowest BCUT2D eigenvalue weighted by Gasteiger charge is -2.35. The Labute approximate surface area is 193 Å². The van der Waals surface area contributed by atoms with Crippen LogP contribution in [0.1, 0.15) is 47.0 Å². The van der Waals surface area contributed by atoms with Crippen LogP contribution in [0.3, 0.4) is 0 Å². The normalized spacial score (nSPS) is 24.0. The number of carbonyl (C=O) groups excluding carboxylic acids is 1. The molecule has 2 rings (SSSR count). The molecule has 0 aromatic heterocycles. The van der Waals surface area contributed by atoms with Crippen molar-refractivity contribution in [2.75, 3.05) is 52.4 Å². The van der Waals surface area contributed by atoms with E-state index < -0.39 is 0 Å². The number of carbonyl (C=O) groups is 1. The monoisotopic (exact) mass is 525 g/mol. The molecule has 170 valence electrons. The van der Waals surface area contributed by atoms with Gasteiger partial charge < -0.3 is 25.0 Å². The minimum absolute atomic E-state index is 0. The number of guanidine groups is 1. The lowest BCUT2D eigenvalue weighted by molar-refractivity contribution is -0.0679. The number of rotatable bonds is 7. The number of nitrogens with zero attached hydrogens (tertiary/aromatic N) is 3. The Bertz CT molecular complexity index is 491. The number of piperidine rings is 1. The van der Waals surface area contributed by atoms with E-state index in [4.69, 9.17) is 14.5 Å². The first-order valence-corrected chi connectivity index (χ1v) is 10.9. The first-order chi connectivity index (χ1) is 13.5. The first kappa shape index (κ1) is 26.2. The van der Waals surface area contributed by atoms with Crippen LogP contribution in [0.25, 0.3) is 0 Å². The van der Waals surface area contributed by atoms with Gasteiger partial charge in [-0.15, -0.1) is 24.0 Å². The summed E-state index contributed by atoms with van der Waals surface area (Å²) >= 11 is 0. The molecule has 2 aliphatic heterocycles. The SMILES string of the molecule is CCNC(=NCCCN1CC(C)OC(C)C1)NC1CCN(C(=O)OCC)CC1.I. The Kier molecular flexibility index (Phi) is 12.9. The molecule has 9 heteroatoms. The molecule has 2 fully saturated rings. The smallest absolute Gasteiger partial charge is 0.409 e. The quantitative estimate of drug-likeness (QED) is 0.230. The molecule has 1 amide bonds. The van der Waals surface area contributed by atoms with Crippen molar-refractivity contribution >= 4 is 36.0 Å². The summed E-state index contributed by atoms with van der Waals surface area (Å²) < 4.78 is 10.9. The molecule has 29 heavy (non-hydrogen) atoms. The van der Waals surface area contributed by atoms with Crippen molar-refractivity contribution in [3.8, 4) is 0 Å². The number of likely N-dealkylation sites (tertiary alicyclic amines) is 1. The highest BCUT2D eigenvalue weighted by atomic mass is 127. The Balaban J connectivity index is 0.00000420. The lowest BCUT2D eigenvalue weighted by Crippen LogP contribution is -2.50. The van der Waals surface area contributed by atoms with E-state index in [2.05, 4.69) is 36.3 Å². The Morgan fingerprint density at radius 2 is 1.83 bits per heavy atom. The minimum Gasteiger partial charge on any atom is -0.450 e. The van der Waals surface area contributed by atoms with Crippen molar-refractivity contribution in [3.05, 3.63) is 0 Å². The number of hydrogen-bond donors (Lipinski definition) is 2. The van der Waals surface area contributed by atoms with Crippen LogP contribution in [0.15, 0.2) is 4.99 Å². The summed E-state index contributed by atoms with van der Waals surface area (Å²) in [6.07, 6.45) is 3.28. The minimum atomic E-state index is -0.201.